The van der Waals surface area contributed by atoms with E-state index >= 15 is 0 Å². The molecule has 1 N–H and O–H groups in total. The second kappa shape index (κ2) is 10.3. The first-order valence-electron chi connectivity index (χ1n) is 11.6. The number of benzene rings is 2. The van der Waals surface area contributed by atoms with Gasteiger partial charge in [0.15, 0.2) is 5.65 Å². The first kappa shape index (κ1) is 23.1. The molecule has 0 spiro atoms. The lowest BCUT2D eigenvalue weighted by Crippen LogP contribution is -2.32. The second-order valence-electron chi connectivity index (χ2n) is 8.71. The Labute approximate surface area is 209 Å². The first-order valence-corrected chi connectivity index (χ1v) is 11.6. The predicted molar refractivity (Wildman–Crippen MR) is 138 cm³/mol. The summed E-state index contributed by atoms with van der Waals surface area (Å²) in [5.41, 5.74) is 5.48. The topological polar surface area (TPSA) is 92.7 Å². The molecule has 1 fully saturated rings. The van der Waals surface area contributed by atoms with Gasteiger partial charge in [-0.1, -0.05) is 36.4 Å². The summed E-state index contributed by atoms with van der Waals surface area (Å²) in [5, 5.41) is 7.88. The van der Waals surface area contributed by atoms with Gasteiger partial charge in [0, 0.05) is 31.9 Å². The minimum absolute atomic E-state index is 0. The van der Waals surface area contributed by atoms with Crippen molar-refractivity contribution < 1.29 is 4.74 Å². The van der Waals surface area contributed by atoms with Crippen molar-refractivity contribution in [2.24, 2.45) is 5.92 Å². The fourth-order valence-electron chi connectivity index (χ4n) is 4.58. The Morgan fingerprint density at radius 3 is 2.66 bits per heavy atom. The summed E-state index contributed by atoms with van der Waals surface area (Å²) >= 11 is 0. The number of hydrogen-bond donors (Lipinski definition) is 1. The predicted octanol–water partition coefficient (Wildman–Crippen LogP) is 4.82. The van der Waals surface area contributed by atoms with Gasteiger partial charge in [-0.15, -0.1) is 12.4 Å². The number of nitrogens with zero attached hydrogens (tertiary/aromatic N) is 6. The third kappa shape index (κ3) is 4.94. The highest BCUT2D eigenvalue weighted by Gasteiger charge is 2.20. The van der Waals surface area contributed by atoms with E-state index in [-0.39, 0.29) is 12.4 Å². The molecule has 35 heavy (non-hydrogen) atoms. The van der Waals surface area contributed by atoms with E-state index in [0.29, 0.717) is 5.92 Å². The van der Waals surface area contributed by atoms with Crippen molar-refractivity contribution in [3.8, 4) is 11.3 Å². The molecule has 0 amide bonds. The molecule has 0 unspecified atom stereocenters. The Hall–Kier alpha value is -3.62. The van der Waals surface area contributed by atoms with E-state index < -0.39 is 0 Å². The average molecular weight is 488 g/mol. The zero-order chi connectivity index (χ0) is 22.7. The van der Waals surface area contributed by atoms with E-state index in [0.717, 1.165) is 78.3 Å². The number of ether oxygens (including phenoxy) is 1. The van der Waals surface area contributed by atoms with Crippen LogP contribution in [0.5, 0.6) is 0 Å². The number of anilines is 1. The Balaban J connectivity index is 0.00000253. The largest absolute Gasteiger partial charge is 0.381 e. The molecule has 4 heterocycles. The van der Waals surface area contributed by atoms with Crippen molar-refractivity contribution in [1.29, 1.82) is 0 Å². The van der Waals surface area contributed by atoms with Crippen molar-refractivity contribution >= 4 is 40.3 Å². The van der Waals surface area contributed by atoms with Gasteiger partial charge in [-0.25, -0.2) is 15.0 Å². The van der Waals surface area contributed by atoms with Gasteiger partial charge in [-0.2, -0.15) is 5.10 Å². The molecule has 0 bridgehead atoms. The van der Waals surface area contributed by atoms with Crippen LogP contribution in [0.2, 0.25) is 0 Å². The van der Waals surface area contributed by atoms with Crippen molar-refractivity contribution in [3.05, 3.63) is 72.8 Å². The molecule has 0 saturated carbocycles. The first-order chi connectivity index (χ1) is 16.8. The summed E-state index contributed by atoms with van der Waals surface area (Å²) in [6.07, 6.45) is 7.35. The number of nitrogens with one attached hydrogen (secondary N) is 1. The number of halogens is 1. The molecule has 2 aromatic carbocycles. The number of aromatic amines is 1. The molecule has 1 saturated heterocycles. The molecule has 3 aromatic heterocycles. The zero-order valence-electron chi connectivity index (χ0n) is 19.2. The van der Waals surface area contributed by atoms with Crippen LogP contribution in [0.4, 0.5) is 5.82 Å². The second-order valence-corrected chi connectivity index (χ2v) is 8.71. The maximum Gasteiger partial charge on any atom is 0.159 e. The summed E-state index contributed by atoms with van der Waals surface area (Å²) in [6.45, 7) is 3.41. The van der Waals surface area contributed by atoms with Gasteiger partial charge in [0.2, 0.25) is 0 Å². The van der Waals surface area contributed by atoms with Gasteiger partial charge < -0.3 is 9.64 Å². The van der Waals surface area contributed by atoms with Crippen LogP contribution in [-0.2, 0) is 11.3 Å². The Morgan fingerprint density at radius 1 is 0.943 bits per heavy atom. The number of H-pyrrole nitrogens is 1. The standard InChI is InChI=1S/C26H25N7O.ClH/c1-2-4-18(5-3-1)15-33(16-19-8-10-34-11-9-19)24-14-27-23-12-20(6-7-22(23)31-24)25-21-13-30-32-26(21)29-17-28-25;/h1-7,12-14,17,19H,8-11,15-16H2,(H,28,29,30,32);1H. The van der Waals surface area contributed by atoms with Crippen molar-refractivity contribution in [2.75, 3.05) is 24.7 Å². The van der Waals surface area contributed by atoms with E-state index in [4.69, 9.17) is 14.7 Å². The lowest BCUT2D eigenvalue weighted by Gasteiger charge is -2.30. The van der Waals surface area contributed by atoms with E-state index in [1.165, 1.54) is 5.56 Å². The van der Waals surface area contributed by atoms with Gasteiger partial charge in [-0.3, -0.25) is 10.1 Å². The molecular formula is C26H26ClN7O. The lowest BCUT2D eigenvalue weighted by atomic mass is 9.99. The highest BCUT2D eigenvalue weighted by Crippen LogP contribution is 2.28. The quantitative estimate of drug-likeness (QED) is 0.367. The van der Waals surface area contributed by atoms with Gasteiger partial charge in [0.05, 0.1) is 34.5 Å². The third-order valence-corrected chi connectivity index (χ3v) is 6.41. The molecule has 178 valence electrons. The van der Waals surface area contributed by atoms with Gasteiger partial charge in [-0.05, 0) is 36.5 Å². The normalized spacial score (nSPS) is 14.2. The molecule has 0 atom stereocenters. The number of aromatic nitrogens is 6. The van der Waals surface area contributed by atoms with E-state index in [9.17, 15) is 0 Å². The zero-order valence-corrected chi connectivity index (χ0v) is 20.0. The van der Waals surface area contributed by atoms with Crippen LogP contribution >= 0.6 is 12.4 Å². The van der Waals surface area contributed by atoms with E-state index in [1.807, 2.05) is 24.4 Å². The monoisotopic (exact) mass is 487 g/mol. The fraction of sp³-hybridized carbons (Fsp3) is 0.269. The number of rotatable bonds is 6. The Kier molecular flexibility index (Phi) is 6.83. The average Bonchev–Trinajstić information content (AvgIpc) is 3.38. The number of hydrogen-bond acceptors (Lipinski definition) is 7. The highest BCUT2D eigenvalue weighted by atomic mass is 35.5. The fourth-order valence-corrected chi connectivity index (χ4v) is 4.58. The molecular weight excluding hydrogens is 462 g/mol. The SMILES string of the molecule is Cl.c1ccc(CN(CC2CCOCC2)c2cnc3cc(-c4ncnc5[nH]ncc45)ccc3n2)cc1. The van der Waals surface area contributed by atoms with Gasteiger partial charge in [0.1, 0.15) is 12.1 Å². The smallest absolute Gasteiger partial charge is 0.159 e. The molecule has 1 aliphatic rings. The van der Waals surface area contributed by atoms with Gasteiger partial charge in [0.25, 0.3) is 0 Å². The summed E-state index contributed by atoms with van der Waals surface area (Å²) in [5.74, 6) is 1.49. The lowest BCUT2D eigenvalue weighted by molar-refractivity contribution is 0.0681. The van der Waals surface area contributed by atoms with Crippen LogP contribution < -0.4 is 4.90 Å². The van der Waals surface area contributed by atoms with E-state index in [2.05, 4.69) is 55.4 Å². The third-order valence-electron chi connectivity index (χ3n) is 6.41. The Morgan fingerprint density at radius 2 is 1.80 bits per heavy atom. The summed E-state index contributed by atoms with van der Waals surface area (Å²) in [7, 11) is 0. The summed E-state index contributed by atoms with van der Waals surface area (Å²) < 4.78 is 5.57. The molecule has 0 aliphatic carbocycles. The summed E-state index contributed by atoms with van der Waals surface area (Å²) in [6, 6.07) is 16.6. The number of fused-ring (bicyclic) bond motifs is 2. The molecule has 5 aromatic rings. The molecule has 6 rings (SSSR count). The van der Waals surface area contributed by atoms with Crippen LogP contribution in [0.25, 0.3) is 33.3 Å². The van der Waals surface area contributed by atoms with Crippen LogP contribution in [0.3, 0.4) is 0 Å². The van der Waals surface area contributed by atoms with Crippen molar-refractivity contribution in [1.82, 2.24) is 30.1 Å². The molecule has 1 aliphatic heterocycles. The van der Waals surface area contributed by atoms with Crippen LogP contribution in [0.15, 0.2) is 67.3 Å². The van der Waals surface area contributed by atoms with Crippen LogP contribution in [-0.4, -0.2) is 49.9 Å². The van der Waals surface area contributed by atoms with Crippen LogP contribution in [0, 0.1) is 5.92 Å². The minimum Gasteiger partial charge on any atom is -0.381 e. The molecule has 8 nitrogen and oxygen atoms in total. The maximum absolute atomic E-state index is 5.57. The molecule has 0 radical (unpaired) electrons. The minimum atomic E-state index is 0. The Bertz CT molecular complexity index is 1420. The van der Waals surface area contributed by atoms with Crippen molar-refractivity contribution in [3.63, 3.8) is 0 Å². The maximum atomic E-state index is 5.57. The van der Waals surface area contributed by atoms with Crippen molar-refractivity contribution in [2.45, 2.75) is 19.4 Å². The summed E-state index contributed by atoms with van der Waals surface area (Å²) in [4.78, 5) is 20.9. The van der Waals surface area contributed by atoms with E-state index in [1.54, 1.807) is 12.5 Å². The van der Waals surface area contributed by atoms with Gasteiger partial charge >= 0.3 is 0 Å². The molecule has 9 heteroatoms. The highest BCUT2D eigenvalue weighted by molar-refractivity contribution is 5.92. The van der Waals surface area contributed by atoms with Crippen LogP contribution in [0.1, 0.15) is 18.4 Å².